The molecule has 0 radical (unpaired) electrons. The third kappa shape index (κ3) is 18.9. The van der Waals surface area contributed by atoms with Crippen molar-refractivity contribution in [2.24, 2.45) is 0 Å². The van der Waals surface area contributed by atoms with E-state index >= 15 is 0 Å². The predicted octanol–water partition coefficient (Wildman–Crippen LogP) is 6.95. The quantitative estimate of drug-likeness (QED) is 0.236. The van der Waals surface area contributed by atoms with Crippen LogP contribution in [0.25, 0.3) is 0 Å². The van der Waals surface area contributed by atoms with Crippen LogP contribution in [-0.2, 0) is 4.79 Å². The zero-order valence-corrected chi connectivity index (χ0v) is 14.9. The van der Waals surface area contributed by atoms with Crippen LogP contribution < -0.4 is 0 Å². The number of rotatable bonds is 15. The lowest BCUT2D eigenvalue weighted by Crippen LogP contribution is -1.88. The van der Waals surface area contributed by atoms with Gasteiger partial charge in [0.2, 0.25) is 0 Å². The van der Waals surface area contributed by atoms with Gasteiger partial charge in [-0.05, 0) is 51.9 Å². The van der Waals surface area contributed by atoms with Gasteiger partial charge in [-0.3, -0.25) is 0 Å². The van der Waals surface area contributed by atoms with Gasteiger partial charge in [-0.25, -0.2) is 0 Å². The summed E-state index contributed by atoms with van der Waals surface area (Å²) in [6, 6.07) is 0. The van der Waals surface area contributed by atoms with Crippen LogP contribution in [0.3, 0.4) is 0 Å². The maximum atomic E-state index is 10.8. The minimum absolute atomic E-state index is 0.322. The van der Waals surface area contributed by atoms with Crippen molar-refractivity contribution in [2.45, 2.75) is 90.9 Å². The predicted molar refractivity (Wildman–Crippen MR) is 99.2 cm³/mol. The normalized spacial score (nSPS) is 12.1. The lowest BCUT2D eigenvalue weighted by molar-refractivity contribution is -0.117. The first-order chi connectivity index (χ1) is 10.8. The van der Waals surface area contributed by atoms with Gasteiger partial charge in [0.25, 0.3) is 0 Å². The van der Waals surface area contributed by atoms with Gasteiger partial charge in [0, 0.05) is 6.42 Å². The van der Waals surface area contributed by atoms with Gasteiger partial charge >= 0.3 is 0 Å². The molecule has 0 aromatic heterocycles. The average Bonchev–Trinajstić information content (AvgIpc) is 2.50. The van der Waals surface area contributed by atoms with Crippen molar-refractivity contribution in [2.75, 3.05) is 0 Å². The van der Waals surface area contributed by atoms with Crippen molar-refractivity contribution < 1.29 is 4.79 Å². The third-order valence-electron chi connectivity index (χ3n) is 3.67. The van der Waals surface area contributed by atoms with E-state index < -0.39 is 0 Å². The first-order valence-corrected chi connectivity index (χ1v) is 9.21. The molecule has 22 heavy (non-hydrogen) atoms. The van der Waals surface area contributed by atoms with Gasteiger partial charge in [-0.2, -0.15) is 0 Å². The molecular weight excluding hydrogens is 268 g/mol. The van der Waals surface area contributed by atoms with E-state index in [1.54, 1.807) is 6.92 Å². The van der Waals surface area contributed by atoms with Crippen LogP contribution in [0.4, 0.5) is 0 Å². The molecule has 0 bridgehead atoms. The van der Waals surface area contributed by atoms with Crippen molar-refractivity contribution in [1.82, 2.24) is 0 Å². The summed E-state index contributed by atoms with van der Waals surface area (Å²) in [7, 11) is 0. The smallest absolute Gasteiger partial charge is 0.129 e. The molecule has 0 amide bonds. The second-order valence-corrected chi connectivity index (χ2v) is 6.04. The molecule has 0 spiro atoms. The van der Waals surface area contributed by atoms with Crippen LogP contribution in [-0.4, -0.2) is 5.78 Å². The van der Waals surface area contributed by atoms with E-state index in [4.69, 9.17) is 0 Å². The summed E-state index contributed by atoms with van der Waals surface area (Å²) in [5.74, 6) is 0.322. The molecule has 0 aromatic carbocycles. The van der Waals surface area contributed by atoms with Crippen LogP contribution in [0.5, 0.6) is 0 Å². The Bertz CT molecular complexity index is 323. The lowest BCUT2D eigenvalue weighted by atomic mass is 10.1. The number of hydrogen-bond acceptors (Lipinski definition) is 1. The highest BCUT2D eigenvalue weighted by molar-refractivity contribution is 5.75. The minimum Gasteiger partial charge on any atom is -0.300 e. The van der Waals surface area contributed by atoms with Gasteiger partial charge in [0.1, 0.15) is 5.78 Å². The van der Waals surface area contributed by atoms with Crippen LogP contribution in [0, 0.1) is 0 Å². The Balaban J connectivity index is 3.29. The maximum absolute atomic E-state index is 10.8. The number of allylic oxidation sites excluding steroid dienone is 6. The highest BCUT2D eigenvalue weighted by atomic mass is 16.1. The first-order valence-electron chi connectivity index (χ1n) is 9.21. The first kappa shape index (κ1) is 20.9. The number of hydrogen-bond donors (Lipinski definition) is 0. The molecule has 0 aliphatic rings. The van der Waals surface area contributed by atoms with E-state index in [1.165, 1.54) is 51.4 Å². The molecule has 0 aliphatic heterocycles. The fraction of sp³-hybridized carbons (Fsp3) is 0.667. The van der Waals surface area contributed by atoms with E-state index in [0.29, 0.717) is 5.78 Å². The molecule has 0 aliphatic carbocycles. The van der Waals surface area contributed by atoms with Crippen LogP contribution in [0.1, 0.15) is 90.9 Å². The van der Waals surface area contributed by atoms with Crippen LogP contribution in [0.2, 0.25) is 0 Å². The highest BCUT2D eigenvalue weighted by Crippen LogP contribution is 2.06. The molecule has 0 saturated carbocycles. The Morgan fingerprint density at radius 1 is 0.682 bits per heavy atom. The zero-order valence-electron chi connectivity index (χ0n) is 14.9. The van der Waals surface area contributed by atoms with E-state index in [2.05, 4.69) is 43.4 Å². The molecular formula is C21H36O. The van der Waals surface area contributed by atoms with E-state index in [-0.39, 0.29) is 0 Å². The third-order valence-corrected chi connectivity index (χ3v) is 3.67. The summed E-state index contributed by atoms with van der Waals surface area (Å²) in [6.45, 7) is 3.92. The van der Waals surface area contributed by atoms with Gasteiger partial charge in [-0.1, -0.05) is 69.1 Å². The van der Waals surface area contributed by atoms with Crippen molar-refractivity contribution in [3.63, 3.8) is 0 Å². The van der Waals surface area contributed by atoms with Crippen molar-refractivity contribution in [3.05, 3.63) is 36.5 Å². The minimum atomic E-state index is 0.322. The standard InChI is InChI=1S/C21H36O/c1-3-4-5-6-7-8-9-10-11-12-13-14-15-16-17-18-19-20-21(2)22/h7-8,10-11,13-14H,3-6,9,12,15-20H2,1-2H3/b8-7+,11-10+,14-13+. The summed E-state index contributed by atoms with van der Waals surface area (Å²) in [6.07, 6.45) is 27.6. The number of ketones is 1. The molecule has 0 atom stereocenters. The fourth-order valence-electron chi connectivity index (χ4n) is 2.28. The topological polar surface area (TPSA) is 17.1 Å². The second kappa shape index (κ2) is 17.9. The number of Topliss-reactive ketones (excluding diaryl/α,β-unsaturated/α-hetero) is 1. The summed E-state index contributed by atoms with van der Waals surface area (Å²) < 4.78 is 0. The summed E-state index contributed by atoms with van der Waals surface area (Å²) in [4.78, 5) is 10.8. The monoisotopic (exact) mass is 304 g/mol. The Morgan fingerprint density at radius 3 is 1.73 bits per heavy atom. The van der Waals surface area contributed by atoms with Crippen molar-refractivity contribution in [3.8, 4) is 0 Å². The van der Waals surface area contributed by atoms with Gasteiger partial charge in [-0.15, -0.1) is 0 Å². The van der Waals surface area contributed by atoms with Crippen molar-refractivity contribution in [1.29, 1.82) is 0 Å². The molecule has 0 rings (SSSR count). The molecule has 0 fully saturated rings. The van der Waals surface area contributed by atoms with Crippen LogP contribution >= 0.6 is 0 Å². The second-order valence-electron chi connectivity index (χ2n) is 6.04. The lowest BCUT2D eigenvalue weighted by Gasteiger charge is -1.97. The van der Waals surface area contributed by atoms with Gasteiger partial charge in [0.05, 0.1) is 0 Å². The molecule has 0 aromatic rings. The molecule has 1 heteroatoms. The number of carbonyl (C=O) groups is 1. The molecule has 0 N–H and O–H groups in total. The molecule has 126 valence electrons. The summed E-state index contributed by atoms with van der Waals surface area (Å²) >= 11 is 0. The van der Waals surface area contributed by atoms with E-state index in [9.17, 15) is 4.79 Å². The molecule has 0 saturated heterocycles. The Labute approximate surface area is 138 Å². The summed E-state index contributed by atoms with van der Waals surface area (Å²) in [5.41, 5.74) is 0. The molecule has 0 unspecified atom stereocenters. The zero-order chi connectivity index (χ0) is 16.3. The largest absolute Gasteiger partial charge is 0.300 e. The van der Waals surface area contributed by atoms with E-state index in [0.717, 1.165) is 25.7 Å². The fourth-order valence-corrected chi connectivity index (χ4v) is 2.28. The number of carbonyl (C=O) groups excluding carboxylic acids is 1. The average molecular weight is 305 g/mol. The highest BCUT2D eigenvalue weighted by Gasteiger charge is 1.92. The van der Waals surface area contributed by atoms with Crippen LogP contribution in [0.15, 0.2) is 36.5 Å². The Hall–Kier alpha value is -1.11. The molecule has 0 heterocycles. The SMILES string of the molecule is CCCCC/C=C/C/C=C/C/C=C/CCCCCCC(C)=O. The van der Waals surface area contributed by atoms with E-state index in [1.807, 2.05) is 0 Å². The van der Waals surface area contributed by atoms with Gasteiger partial charge in [0.15, 0.2) is 0 Å². The number of unbranched alkanes of at least 4 members (excludes halogenated alkanes) is 7. The molecule has 1 nitrogen and oxygen atoms in total. The Morgan fingerprint density at radius 2 is 1.18 bits per heavy atom. The van der Waals surface area contributed by atoms with Crippen molar-refractivity contribution >= 4 is 5.78 Å². The van der Waals surface area contributed by atoms with Gasteiger partial charge < -0.3 is 4.79 Å². The maximum Gasteiger partial charge on any atom is 0.129 e. The Kier molecular flexibility index (Phi) is 17.0. The summed E-state index contributed by atoms with van der Waals surface area (Å²) in [5, 5.41) is 0.